The van der Waals surface area contributed by atoms with E-state index in [0.717, 1.165) is 14.7 Å². The van der Waals surface area contributed by atoms with E-state index in [1.807, 2.05) is 12.1 Å². The number of nitrogens with zero attached hydrogens (tertiary/aromatic N) is 5. The standard InChI is InChI=1S/C33H31Cl2F2N7O5/c1-43-30-24(32(46)44(2)33(43)47)28(41-29(42-30)27(36)37)39-22-9-5-7-18(26(22)35)17-6-4-8-19(25(17)34)20-11-10-16(31(40-20)48-3)14-38-21-12-13-49-15-23(21)45/h4-11,21,23,27,38,45H,12-15H2,1-3H3,(H,39,41,42)/t21-,23-/m1/s1. The van der Waals surface area contributed by atoms with E-state index in [4.69, 9.17) is 37.7 Å². The van der Waals surface area contributed by atoms with E-state index in [2.05, 4.69) is 20.6 Å². The Kier molecular flexibility index (Phi) is 9.95. The molecule has 0 saturated carbocycles. The molecule has 2 aromatic carbocycles. The number of methoxy groups -OCH3 is 1. The Bertz CT molecular complexity index is 2180. The average molecular weight is 715 g/mol. The third-order valence-corrected chi connectivity index (χ3v) is 9.16. The first-order valence-corrected chi connectivity index (χ1v) is 15.9. The number of aliphatic hydroxyl groups excluding tert-OH is 1. The molecule has 0 bridgehead atoms. The van der Waals surface area contributed by atoms with Crippen LogP contribution in [0.4, 0.5) is 20.3 Å². The van der Waals surface area contributed by atoms with Gasteiger partial charge in [0.2, 0.25) is 5.88 Å². The van der Waals surface area contributed by atoms with Crippen molar-refractivity contribution in [3.8, 4) is 28.3 Å². The lowest BCUT2D eigenvalue weighted by Gasteiger charge is -2.28. The second-order valence-corrected chi connectivity index (χ2v) is 12.1. The molecule has 0 aliphatic carbocycles. The van der Waals surface area contributed by atoms with Crippen LogP contribution in [0.2, 0.25) is 10.0 Å². The lowest BCUT2D eigenvalue weighted by molar-refractivity contribution is -0.0281. The summed E-state index contributed by atoms with van der Waals surface area (Å²) in [6.07, 6.45) is -3.00. The quantitative estimate of drug-likeness (QED) is 0.191. The molecule has 4 heterocycles. The highest BCUT2D eigenvalue weighted by atomic mass is 35.5. The van der Waals surface area contributed by atoms with Gasteiger partial charge in [-0.25, -0.2) is 28.5 Å². The number of fused-ring (bicyclic) bond motifs is 1. The topological polar surface area (TPSA) is 145 Å². The molecule has 1 saturated heterocycles. The van der Waals surface area contributed by atoms with Crippen LogP contribution in [-0.2, 0) is 25.4 Å². The van der Waals surface area contributed by atoms with Gasteiger partial charge in [0, 0.05) is 55.5 Å². The van der Waals surface area contributed by atoms with Crippen LogP contribution in [0.1, 0.15) is 24.2 Å². The van der Waals surface area contributed by atoms with Crippen molar-refractivity contribution in [2.24, 2.45) is 14.1 Å². The summed E-state index contributed by atoms with van der Waals surface area (Å²) < 4.78 is 40.4. The highest BCUT2D eigenvalue weighted by Gasteiger charge is 2.25. The van der Waals surface area contributed by atoms with Gasteiger partial charge in [0.1, 0.15) is 11.2 Å². The maximum absolute atomic E-state index is 13.8. The molecule has 49 heavy (non-hydrogen) atoms. The van der Waals surface area contributed by atoms with Crippen molar-refractivity contribution < 1.29 is 23.4 Å². The number of pyridine rings is 1. The maximum Gasteiger partial charge on any atom is 0.332 e. The first kappa shape index (κ1) is 34.4. The van der Waals surface area contributed by atoms with Crippen LogP contribution >= 0.6 is 23.2 Å². The van der Waals surface area contributed by atoms with Crippen LogP contribution in [0.15, 0.2) is 58.1 Å². The summed E-state index contributed by atoms with van der Waals surface area (Å²) in [6, 6.07) is 13.9. The number of anilines is 2. The highest BCUT2D eigenvalue weighted by molar-refractivity contribution is 6.39. The maximum atomic E-state index is 13.8. The molecule has 1 aliphatic heterocycles. The Labute approximate surface area is 288 Å². The normalized spacial score (nSPS) is 16.3. The summed E-state index contributed by atoms with van der Waals surface area (Å²) >= 11 is 13.9. The number of halogens is 4. The number of aliphatic hydroxyl groups is 1. The number of hydrogen-bond acceptors (Lipinski definition) is 10. The molecule has 0 unspecified atom stereocenters. The van der Waals surface area contributed by atoms with E-state index in [0.29, 0.717) is 52.9 Å². The molecule has 2 atom stereocenters. The van der Waals surface area contributed by atoms with Crippen molar-refractivity contribution in [3.05, 3.63) is 90.8 Å². The first-order valence-electron chi connectivity index (χ1n) is 15.1. The van der Waals surface area contributed by atoms with E-state index in [1.165, 1.54) is 21.2 Å². The van der Waals surface area contributed by atoms with E-state index >= 15 is 0 Å². The molecule has 12 nitrogen and oxygen atoms in total. The Morgan fingerprint density at radius 3 is 2.43 bits per heavy atom. The molecule has 6 rings (SSSR count). The Morgan fingerprint density at radius 2 is 1.71 bits per heavy atom. The molecule has 1 fully saturated rings. The summed E-state index contributed by atoms with van der Waals surface area (Å²) in [5, 5.41) is 16.8. The zero-order chi connectivity index (χ0) is 35.0. The van der Waals surface area contributed by atoms with Gasteiger partial charge in [-0.2, -0.15) is 0 Å². The Morgan fingerprint density at radius 1 is 1.00 bits per heavy atom. The molecular weight excluding hydrogens is 683 g/mol. The van der Waals surface area contributed by atoms with Crippen molar-refractivity contribution in [1.82, 2.24) is 29.4 Å². The van der Waals surface area contributed by atoms with Crippen molar-refractivity contribution in [3.63, 3.8) is 0 Å². The van der Waals surface area contributed by atoms with Gasteiger partial charge in [-0.15, -0.1) is 0 Å². The third kappa shape index (κ3) is 6.62. The molecule has 5 aromatic rings. The number of aryl methyl sites for hydroxylation is 1. The molecule has 0 spiro atoms. The van der Waals surface area contributed by atoms with Gasteiger partial charge in [0.05, 0.1) is 41.2 Å². The fourth-order valence-corrected chi connectivity index (χ4v) is 6.30. The summed E-state index contributed by atoms with van der Waals surface area (Å²) in [5.41, 5.74) is 1.46. The number of aromatic nitrogens is 5. The van der Waals surface area contributed by atoms with Crippen molar-refractivity contribution in [2.45, 2.75) is 31.5 Å². The molecule has 16 heteroatoms. The predicted octanol–water partition coefficient (Wildman–Crippen LogP) is 4.99. The van der Waals surface area contributed by atoms with Gasteiger partial charge in [-0.05, 0) is 18.6 Å². The van der Waals surface area contributed by atoms with E-state index in [9.17, 15) is 23.5 Å². The minimum Gasteiger partial charge on any atom is -0.481 e. The zero-order valence-electron chi connectivity index (χ0n) is 26.5. The Balaban J connectivity index is 1.35. The lowest BCUT2D eigenvalue weighted by atomic mass is 10.00. The number of alkyl halides is 2. The van der Waals surface area contributed by atoms with Gasteiger partial charge in [-0.3, -0.25) is 13.9 Å². The van der Waals surface area contributed by atoms with E-state index < -0.39 is 29.6 Å². The highest BCUT2D eigenvalue weighted by Crippen LogP contribution is 2.42. The fourth-order valence-electron chi connectivity index (χ4n) is 5.70. The van der Waals surface area contributed by atoms with Crippen molar-refractivity contribution in [2.75, 3.05) is 25.6 Å². The van der Waals surface area contributed by atoms with Crippen molar-refractivity contribution in [1.29, 1.82) is 0 Å². The molecule has 3 aromatic heterocycles. The lowest BCUT2D eigenvalue weighted by Crippen LogP contribution is -2.46. The molecule has 256 valence electrons. The van der Waals surface area contributed by atoms with Crippen LogP contribution in [0, 0.1) is 0 Å². The van der Waals surface area contributed by atoms with Gasteiger partial charge in [0.25, 0.3) is 12.0 Å². The minimum atomic E-state index is -3.08. The average Bonchev–Trinajstić information content (AvgIpc) is 3.10. The van der Waals surface area contributed by atoms with Crippen LogP contribution in [-0.4, -0.2) is 61.7 Å². The van der Waals surface area contributed by atoms with Gasteiger partial charge in [0.15, 0.2) is 11.5 Å². The number of ether oxygens (including phenoxy) is 2. The largest absolute Gasteiger partial charge is 0.481 e. The van der Waals surface area contributed by atoms with Crippen LogP contribution < -0.4 is 26.6 Å². The monoisotopic (exact) mass is 713 g/mol. The zero-order valence-corrected chi connectivity index (χ0v) is 28.0. The smallest absolute Gasteiger partial charge is 0.332 e. The number of hydrogen-bond donors (Lipinski definition) is 3. The third-order valence-electron chi connectivity index (χ3n) is 8.34. The molecule has 0 radical (unpaired) electrons. The number of benzene rings is 2. The van der Waals surface area contributed by atoms with Crippen LogP contribution in [0.25, 0.3) is 33.4 Å². The number of nitrogens with one attached hydrogen (secondary N) is 2. The van der Waals surface area contributed by atoms with E-state index in [1.54, 1.807) is 36.4 Å². The summed E-state index contributed by atoms with van der Waals surface area (Å²) in [6.45, 7) is 1.27. The second kappa shape index (κ2) is 14.2. The van der Waals surface area contributed by atoms with Gasteiger partial charge < -0.3 is 25.2 Å². The fraction of sp³-hybridized carbons (Fsp3) is 0.303. The summed E-state index contributed by atoms with van der Waals surface area (Å²) in [5.74, 6) is -0.721. The Hall–Kier alpha value is -4.47. The van der Waals surface area contributed by atoms with Crippen molar-refractivity contribution >= 4 is 45.7 Å². The minimum absolute atomic E-state index is 0.113. The predicted molar refractivity (Wildman–Crippen MR) is 182 cm³/mol. The molecule has 1 aliphatic rings. The SMILES string of the molecule is COc1nc(-c2cccc(-c3cccc(Nc4nc(C(F)F)nc5c4c(=O)n(C)c(=O)n5C)c3Cl)c2Cl)ccc1CN[C@@H]1CCOC[C@H]1O. The van der Waals surface area contributed by atoms with E-state index in [-0.39, 0.29) is 40.2 Å². The van der Waals surface area contributed by atoms with Gasteiger partial charge in [-0.1, -0.05) is 59.6 Å². The molecule has 3 N–H and O–H groups in total. The summed E-state index contributed by atoms with van der Waals surface area (Å²) in [4.78, 5) is 38.1. The van der Waals surface area contributed by atoms with Crippen LogP contribution in [0.5, 0.6) is 5.88 Å². The second-order valence-electron chi connectivity index (χ2n) is 11.4. The first-order chi connectivity index (χ1) is 23.5. The molecule has 0 amide bonds. The summed E-state index contributed by atoms with van der Waals surface area (Å²) in [7, 11) is 4.12. The van der Waals surface area contributed by atoms with Crippen LogP contribution in [0.3, 0.4) is 0 Å². The number of rotatable bonds is 9. The van der Waals surface area contributed by atoms with Gasteiger partial charge >= 0.3 is 5.69 Å². The molecular formula is C33H31Cl2F2N7O5.